The van der Waals surface area contributed by atoms with E-state index in [-0.39, 0.29) is 5.92 Å². The molecule has 2 aliphatic rings. The van der Waals surface area contributed by atoms with Gasteiger partial charge in [-0.1, -0.05) is 10.4 Å². The molecule has 0 aliphatic heterocycles. The molecule has 7 heteroatoms. The van der Waals surface area contributed by atoms with Gasteiger partial charge < -0.3 is 8.94 Å². The molecule has 3 aromatic heterocycles. The van der Waals surface area contributed by atoms with Gasteiger partial charge in [-0.25, -0.2) is 4.68 Å². The molecule has 0 aromatic carbocycles. The third-order valence-corrected chi connectivity index (χ3v) is 4.99. The summed E-state index contributed by atoms with van der Waals surface area (Å²) in [6.07, 6.45) is 8.09. The molecule has 23 heavy (non-hydrogen) atoms. The fourth-order valence-electron chi connectivity index (χ4n) is 3.44. The molecule has 0 spiro atoms. The number of aromatic nitrogens is 5. The number of furan rings is 1. The standard InChI is InChI=1S/C16H17N5O2/c1-3-11(4-1)21-13-9-10(6-7-12(13)18-20-21)16-17-15(19-23-16)14-5-2-8-22-14/h2,5,8,10-11H,1,3-4,6-7,9H2. The molecule has 0 N–H and O–H groups in total. The summed E-state index contributed by atoms with van der Waals surface area (Å²) in [6, 6.07) is 4.19. The van der Waals surface area contributed by atoms with Gasteiger partial charge in [0, 0.05) is 12.3 Å². The van der Waals surface area contributed by atoms with Crippen molar-refractivity contribution in [2.24, 2.45) is 0 Å². The lowest BCUT2D eigenvalue weighted by molar-refractivity contribution is 0.271. The van der Waals surface area contributed by atoms with Gasteiger partial charge in [-0.05, 0) is 44.2 Å². The van der Waals surface area contributed by atoms with E-state index < -0.39 is 0 Å². The summed E-state index contributed by atoms with van der Waals surface area (Å²) in [5.74, 6) is 2.07. The Balaban J connectivity index is 1.42. The molecule has 3 aromatic rings. The summed E-state index contributed by atoms with van der Waals surface area (Å²) in [5, 5.41) is 12.8. The van der Waals surface area contributed by atoms with E-state index in [1.807, 2.05) is 12.1 Å². The lowest BCUT2D eigenvalue weighted by Crippen LogP contribution is -2.23. The highest BCUT2D eigenvalue weighted by molar-refractivity contribution is 5.44. The Kier molecular flexibility index (Phi) is 2.86. The minimum absolute atomic E-state index is 0.232. The number of fused-ring (bicyclic) bond motifs is 1. The molecule has 0 amide bonds. The Labute approximate surface area is 132 Å². The topological polar surface area (TPSA) is 82.8 Å². The Morgan fingerprint density at radius 2 is 2.17 bits per heavy atom. The van der Waals surface area contributed by atoms with E-state index >= 15 is 0 Å². The average molecular weight is 311 g/mol. The second kappa shape index (κ2) is 5.04. The van der Waals surface area contributed by atoms with Crippen LogP contribution < -0.4 is 0 Å². The van der Waals surface area contributed by atoms with E-state index in [1.165, 1.54) is 25.0 Å². The minimum Gasteiger partial charge on any atom is -0.461 e. The first-order chi connectivity index (χ1) is 11.4. The molecule has 7 nitrogen and oxygen atoms in total. The fourth-order valence-corrected chi connectivity index (χ4v) is 3.44. The van der Waals surface area contributed by atoms with Gasteiger partial charge in [0.1, 0.15) is 0 Å². The smallest absolute Gasteiger partial charge is 0.238 e. The first kappa shape index (κ1) is 13.0. The molecule has 0 radical (unpaired) electrons. The number of hydrogen-bond acceptors (Lipinski definition) is 6. The largest absolute Gasteiger partial charge is 0.461 e. The molecule has 0 bridgehead atoms. The molecule has 0 saturated heterocycles. The monoisotopic (exact) mass is 311 g/mol. The van der Waals surface area contributed by atoms with Gasteiger partial charge in [0.25, 0.3) is 0 Å². The van der Waals surface area contributed by atoms with Crippen molar-refractivity contribution in [3.8, 4) is 11.6 Å². The molecule has 3 heterocycles. The van der Waals surface area contributed by atoms with Gasteiger partial charge in [-0.2, -0.15) is 4.98 Å². The lowest BCUT2D eigenvalue weighted by Gasteiger charge is -2.28. The zero-order chi connectivity index (χ0) is 15.2. The maximum Gasteiger partial charge on any atom is 0.238 e. The van der Waals surface area contributed by atoms with Gasteiger partial charge >= 0.3 is 0 Å². The van der Waals surface area contributed by atoms with Gasteiger partial charge in [0.2, 0.25) is 11.7 Å². The van der Waals surface area contributed by atoms with Crippen molar-refractivity contribution in [1.82, 2.24) is 25.1 Å². The van der Waals surface area contributed by atoms with Crippen molar-refractivity contribution in [3.05, 3.63) is 35.7 Å². The molecular formula is C16H17N5O2. The van der Waals surface area contributed by atoms with Crippen LogP contribution in [-0.2, 0) is 12.8 Å². The summed E-state index contributed by atoms with van der Waals surface area (Å²) in [5.41, 5.74) is 2.39. The highest BCUT2D eigenvalue weighted by atomic mass is 16.5. The van der Waals surface area contributed by atoms with Crippen LogP contribution in [0, 0.1) is 0 Å². The van der Waals surface area contributed by atoms with Crippen LogP contribution in [0.4, 0.5) is 0 Å². The van der Waals surface area contributed by atoms with Crippen LogP contribution in [0.2, 0.25) is 0 Å². The van der Waals surface area contributed by atoms with Crippen molar-refractivity contribution in [2.45, 2.75) is 50.5 Å². The first-order valence-corrected chi connectivity index (χ1v) is 8.19. The van der Waals surface area contributed by atoms with Crippen LogP contribution in [0.5, 0.6) is 0 Å². The summed E-state index contributed by atoms with van der Waals surface area (Å²) in [7, 11) is 0. The Morgan fingerprint density at radius 3 is 2.96 bits per heavy atom. The molecule has 1 unspecified atom stereocenters. The highest BCUT2D eigenvalue weighted by Crippen LogP contribution is 2.37. The molecular weight excluding hydrogens is 294 g/mol. The average Bonchev–Trinajstić information content (AvgIpc) is 3.25. The van der Waals surface area contributed by atoms with Crippen LogP contribution in [-0.4, -0.2) is 25.1 Å². The van der Waals surface area contributed by atoms with E-state index in [4.69, 9.17) is 8.94 Å². The second-order valence-electron chi connectivity index (χ2n) is 6.39. The number of hydrogen-bond donors (Lipinski definition) is 0. The predicted molar refractivity (Wildman–Crippen MR) is 79.7 cm³/mol. The maximum atomic E-state index is 5.49. The third kappa shape index (κ3) is 2.10. The molecule has 1 atom stereocenters. The Bertz CT molecular complexity index is 816. The maximum absolute atomic E-state index is 5.49. The Morgan fingerprint density at radius 1 is 1.22 bits per heavy atom. The highest BCUT2D eigenvalue weighted by Gasteiger charge is 2.32. The summed E-state index contributed by atoms with van der Waals surface area (Å²) < 4.78 is 13.0. The summed E-state index contributed by atoms with van der Waals surface area (Å²) in [4.78, 5) is 4.52. The van der Waals surface area contributed by atoms with Crippen molar-refractivity contribution in [1.29, 1.82) is 0 Å². The molecule has 118 valence electrons. The van der Waals surface area contributed by atoms with Crippen molar-refractivity contribution >= 4 is 0 Å². The van der Waals surface area contributed by atoms with Gasteiger partial charge in [-0.3, -0.25) is 0 Å². The number of nitrogens with zero attached hydrogens (tertiary/aromatic N) is 5. The summed E-state index contributed by atoms with van der Waals surface area (Å²) in [6.45, 7) is 0. The molecule has 1 saturated carbocycles. The summed E-state index contributed by atoms with van der Waals surface area (Å²) >= 11 is 0. The molecule has 1 fully saturated rings. The van der Waals surface area contributed by atoms with Gasteiger partial charge in [-0.15, -0.1) is 5.10 Å². The minimum atomic E-state index is 0.232. The van der Waals surface area contributed by atoms with E-state index in [2.05, 4.69) is 25.1 Å². The molecule has 5 rings (SSSR count). The SMILES string of the molecule is c1coc(-c2noc(C3CCc4nnn(C5CCC5)c4C3)n2)c1. The Hall–Kier alpha value is -2.44. The quantitative estimate of drug-likeness (QED) is 0.739. The lowest BCUT2D eigenvalue weighted by atomic mass is 9.87. The van der Waals surface area contributed by atoms with E-state index in [9.17, 15) is 0 Å². The first-order valence-electron chi connectivity index (χ1n) is 8.19. The zero-order valence-electron chi connectivity index (χ0n) is 12.7. The van der Waals surface area contributed by atoms with Crippen molar-refractivity contribution in [3.63, 3.8) is 0 Å². The van der Waals surface area contributed by atoms with Crippen LogP contribution in [0.15, 0.2) is 27.3 Å². The van der Waals surface area contributed by atoms with Crippen molar-refractivity contribution < 1.29 is 8.94 Å². The van der Waals surface area contributed by atoms with E-state index in [0.717, 1.165) is 25.0 Å². The van der Waals surface area contributed by atoms with Gasteiger partial charge in [0.05, 0.1) is 23.7 Å². The van der Waals surface area contributed by atoms with Crippen LogP contribution >= 0.6 is 0 Å². The normalized spacial score (nSPS) is 21.1. The predicted octanol–water partition coefficient (Wildman–Crippen LogP) is 2.92. The molecule has 2 aliphatic carbocycles. The van der Waals surface area contributed by atoms with Gasteiger partial charge in [0.15, 0.2) is 5.76 Å². The van der Waals surface area contributed by atoms with Crippen LogP contribution in [0.25, 0.3) is 11.6 Å². The van der Waals surface area contributed by atoms with E-state index in [1.54, 1.807) is 6.26 Å². The fraction of sp³-hybridized carbons (Fsp3) is 0.500. The number of aryl methyl sites for hydroxylation is 1. The third-order valence-electron chi connectivity index (χ3n) is 4.99. The van der Waals surface area contributed by atoms with Crippen molar-refractivity contribution in [2.75, 3.05) is 0 Å². The second-order valence-corrected chi connectivity index (χ2v) is 6.39. The van der Waals surface area contributed by atoms with Crippen LogP contribution in [0.3, 0.4) is 0 Å². The van der Waals surface area contributed by atoms with Crippen LogP contribution in [0.1, 0.15) is 54.9 Å². The number of rotatable bonds is 3. The zero-order valence-corrected chi connectivity index (χ0v) is 12.7. The van der Waals surface area contributed by atoms with E-state index in [0.29, 0.717) is 23.5 Å².